The van der Waals surface area contributed by atoms with E-state index in [9.17, 15) is 9.59 Å². The van der Waals surface area contributed by atoms with Gasteiger partial charge < -0.3 is 4.74 Å². The van der Waals surface area contributed by atoms with Crippen molar-refractivity contribution in [2.45, 2.75) is 13.8 Å². The number of halogens is 1. The molecule has 0 aromatic heterocycles. The van der Waals surface area contributed by atoms with E-state index >= 15 is 0 Å². The number of hydrogen-bond acceptors (Lipinski definition) is 3. The molecular formula is C23H19ClO3. The van der Waals surface area contributed by atoms with Crippen molar-refractivity contribution in [2.24, 2.45) is 0 Å². The van der Waals surface area contributed by atoms with Gasteiger partial charge in [0.1, 0.15) is 0 Å². The van der Waals surface area contributed by atoms with Crippen LogP contribution in [-0.4, -0.2) is 18.4 Å². The Bertz CT molecular complexity index is 994. The molecule has 0 saturated heterocycles. The van der Waals surface area contributed by atoms with E-state index < -0.39 is 5.97 Å². The number of benzene rings is 3. The van der Waals surface area contributed by atoms with E-state index in [1.165, 1.54) is 6.92 Å². The number of rotatable bonds is 5. The maximum atomic E-state index is 12.6. The van der Waals surface area contributed by atoms with Crippen LogP contribution in [0.5, 0.6) is 0 Å². The summed E-state index contributed by atoms with van der Waals surface area (Å²) >= 11 is 6.13. The lowest BCUT2D eigenvalue weighted by Gasteiger charge is -2.15. The second kappa shape index (κ2) is 8.19. The number of Topliss-reactive ketones (excluding diaryl/α,β-unsaturated/α-hetero) is 1. The van der Waals surface area contributed by atoms with Crippen LogP contribution in [0.25, 0.3) is 22.3 Å². The monoisotopic (exact) mass is 378 g/mol. The Morgan fingerprint density at radius 3 is 2.11 bits per heavy atom. The predicted molar refractivity (Wildman–Crippen MR) is 108 cm³/mol. The minimum absolute atomic E-state index is 0.0764. The van der Waals surface area contributed by atoms with Crippen molar-refractivity contribution in [3.8, 4) is 22.3 Å². The molecule has 27 heavy (non-hydrogen) atoms. The Morgan fingerprint density at radius 2 is 1.48 bits per heavy atom. The lowest BCUT2D eigenvalue weighted by Crippen LogP contribution is -2.09. The van der Waals surface area contributed by atoms with Crippen LogP contribution in [0.15, 0.2) is 66.7 Å². The van der Waals surface area contributed by atoms with Crippen molar-refractivity contribution >= 4 is 23.4 Å². The molecule has 0 unspecified atom stereocenters. The molecule has 136 valence electrons. The van der Waals surface area contributed by atoms with Gasteiger partial charge in [-0.25, -0.2) is 4.79 Å². The number of hydrogen-bond donors (Lipinski definition) is 0. The molecule has 3 aromatic rings. The molecule has 3 rings (SSSR count). The summed E-state index contributed by atoms with van der Waals surface area (Å²) in [4.78, 5) is 25.0. The third-order valence-electron chi connectivity index (χ3n) is 4.25. The van der Waals surface area contributed by atoms with E-state index in [0.29, 0.717) is 27.3 Å². The summed E-state index contributed by atoms with van der Waals surface area (Å²) in [5.41, 5.74) is 3.91. The van der Waals surface area contributed by atoms with Crippen molar-refractivity contribution < 1.29 is 14.3 Å². The van der Waals surface area contributed by atoms with Crippen LogP contribution in [0.1, 0.15) is 34.6 Å². The van der Waals surface area contributed by atoms with Gasteiger partial charge in [-0.3, -0.25) is 4.79 Å². The van der Waals surface area contributed by atoms with Crippen molar-refractivity contribution in [1.82, 2.24) is 0 Å². The van der Waals surface area contributed by atoms with Crippen LogP contribution in [-0.2, 0) is 4.74 Å². The molecule has 4 heteroatoms. The highest BCUT2D eigenvalue weighted by atomic mass is 35.5. The van der Waals surface area contributed by atoms with E-state index in [1.54, 1.807) is 31.2 Å². The van der Waals surface area contributed by atoms with E-state index in [-0.39, 0.29) is 12.4 Å². The minimum Gasteiger partial charge on any atom is -0.462 e. The predicted octanol–water partition coefficient (Wildman–Crippen LogP) is 6.05. The standard InChI is InChI=1S/C23H19ClO3/c1-3-27-23(26)22-14-20(16-8-5-4-6-9-16)19(15(2)25)13-21(22)17-10-7-11-18(24)12-17/h4-14H,3H2,1-2H3. The number of carbonyl (C=O) groups is 2. The van der Waals surface area contributed by atoms with Crippen LogP contribution in [0.2, 0.25) is 5.02 Å². The summed E-state index contributed by atoms with van der Waals surface area (Å²) in [6.45, 7) is 3.55. The topological polar surface area (TPSA) is 43.4 Å². The highest BCUT2D eigenvalue weighted by Gasteiger charge is 2.20. The van der Waals surface area contributed by atoms with E-state index in [2.05, 4.69) is 0 Å². The van der Waals surface area contributed by atoms with Crippen molar-refractivity contribution in [2.75, 3.05) is 6.61 Å². The van der Waals surface area contributed by atoms with Crippen LogP contribution in [0.3, 0.4) is 0 Å². The van der Waals surface area contributed by atoms with Crippen LogP contribution >= 0.6 is 11.6 Å². The summed E-state index contributed by atoms with van der Waals surface area (Å²) < 4.78 is 5.25. The van der Waals surface area contributed by atoms with Gasteiger partial charge in [0, 0.05) is 10.6 Å². The molecule has 3 nitrogen and oxygen atoms in total. The second-order valence-electron chi connectivity index (χ2n) is 6.10. The molecule has 0 saturated carbocycles. The molecule has 0 aliphatic rings. The molecule has 3 aromatic carbocycles. The molecule has 0 aliphatic carbocycles. The Kier molecular flexibility index (Phi) is 5.72. The average molecular weight is 379 g/mol. The summed E-state index contributed by atoms with van der Waals surface area (Å²) in [6.07, 6.45) is 0. The van der Waals surface area contributed by atoms with Gasteiger partial charge in [-0.1, -0.05) is 54.1 Å². The first-order valence-electron chi connectivity index (χ1n) is 8.68. The quantitative estimate of drug-likeness (QED) is 0.400. The fourth-order valence-electron chi connectivity index (χ4n) is 3.02. The van der Waals surface area contributed by atoms with Gasteiger partial charge in [-0.15, -0.1) is 0 Å². The molecule has 0 N–H and O–H groups in total. The van der Waals surface area contributed by atoms with Gasteiger partial charge in [-0.2, -0.15) is 0 Å². The SMILES string of the molecule is CCOC(=O)c1cc(-c2ccccc2)c(C(C)=O)cc1-c1cccc(Cl)c1. The largest absolute Gasteiger partial charge is 0.462 e. The first-order valence-corrected chi connectivity index (χ1v) is 9.06. The zero-order valence-corrected chi connectivity index (χ0v) is 15.9. The summed E-state index contributed by atoms with van der Waals surface area (Å²) in [5.74, 6) is -0.507. The van der Waals surface area contributed by atoms with E-state index in [0.717, 1.165) is 11.1 Å². The highest BCUT2D eigenvalue weighted by Crippen LogP contribution is 2.34. The number of carbonyl (C=O) groups excluding carboxylic acids is 2. The normalized spacial score (nSPS) is 10.5. The molecule has 0 aliphatic heterocycles. The highest BCUT2D eigenvalue weighted by molar-refractivity contribution is 6.30. The van der Waals surface area contributed by atoms with Crippen LogP contribution in [0, 0.1) is 0 Å². The zero-order chi connectivity index (χ0) is 19.4. The summed E-state index contributed by atoms with van der Waals surface area (Å²) in [7, 11) is 0. The lowest BCUT2D eigenvalue weighted by atomic mass is 9.89. The Hall–Kier alpha value is -2.91. The maximum absolute atomic E-state index is 12.6. The summed E-state index contributed by atoms with van der Waals surface area (Å²) in [5, 5.41) is 0.554. The smallest absolute Gasteiger partial charge is 0.338 e. The van der Waals surface area contributed by atoms with Gasteiger partial charge in [0.05, 0.1) is 12.2 Å². The maximum Gasteiger partial charge on any atom is 0.338 e. The van der Waals surface area contributed by atoms with Gasteiger partial charge in [0.15, 0.2) is 5.78 Å². The third-order valence-corrected chi connectivity index (χ3v) is 4.49. The third kappa shape index (κ3) is 4.09. The molecule has 0 amide bonds. The number of ether oxygens (including phenoxy) is 1. The second-order valence-corrected chi connectivity index (χ2v) is 6.53. The van der Waals surface area contributed by atoms with Crippen LogP contribution in [0.4, 0.5) is 0 Å². The van der Waals surface area contributed by atoms with Gasteiger partial charge in [-0.05, 0) is 60.4 Å². The Balaban J connectivity index is 2.31. The lowest BCUT2D eigenvalue weighted by molar-refractivity contribution is 0.0527. The van der Waals surface area contributed by atoms with Gasteiger partial charge in [0.25, 0.3) is 0 Å². The van der Waals surface area contributed by atoms with Gasteiger partial charge >= 0.3 is 5.97 Å². The summed E-state index contributed by atoms with van der Waals surface area (Å²) in [6, 6.07) is 20.2. The fraction of sp³-hybridized carbons (Fsp3) is 0.130. The fourth-order valence-corrected chi connectivity index (χ4v) is 3.21. The molecule has 0 heterocycles. The molecule has 0 spiro atoms. The molecule has 0 fully saturated rings. The average Bonchev–Trinajstić information content (AvgIpc) is 2.67. The first-order chi connectivity index (χ1) is 13.0. The van der Waals surface area contributed by atoms with E-state index in [1.807, 2.05) is 42.5 Å². The van der Waals surface area contributed by atoms with E-state index in [4.69, 9.17) is 16.3 Å². The molecule has 0 atom stereocenters. The number of ketones is 1. The molecular weight excluding hydrogens is 360 g/mol. The number of esters is 1. The van der Waals surface area contributed by atoms with Crippen molar-refractivity contribution in [1.29, 1.82) is 0 Å². The molecule has 0 bridgehead atoms. The van der Waals surface area contributed by atoms with Crippen LogP contribution < -0.4 is 0 Å². The van der Waals surface area contributed by atoms with Crippen molar-refractivity contribution in [3.63, 3.8) is 0 Å². The minimum atomic E-state index is -0.431. The molecule has 0 radical (unpaired) electrons. The Labute approximate surface area is 163 Å². The van der Waals surface area contributed by atoms with Crippen molar-refractivity contribution in [3.05, 3.63) is 82.9 Å². The first kappa shape index (κ1) is 18.9. The Morgan fingerprint density at radius 1 is 0.852 bits per heavy atom. The zero-order valence-electron chi connectivity index (χ0n) is 15.2. The van der Waals surface area contributed by atoms with Gasteiger partial charge in [0.2, 0.25) is 0 Å².